The Hall–Kier alpha value is -8.28. The van der Waals surface area contributed by atoms with Crippen LogP contribution in [0.4, 0.5) is 0 Å². The highest BCUT2D eigenvalue weighted by Crippen LogP contribution is 2.49. The molecule has 0 N–H and O–H groups in total. The summed E-state index contributed by atoms with van der Waals surface area (Å²) in [5.74, 6) is 0.725. The minimum Gasteiger partial charge on any atom is -0.310 e. The molecule has 2 aliphatic rings. The van der Waals surface area contributed by atoms with E-state index in [1.165, 1.54) is 149 Å². The van der Waals surface area contributed by atoms with Crippen molar-refractivity contribution < 1.29 is 0 Å². The van der Waals surface area contributed by atoms with Gasteiger partial charge in [-0.3, -0.25) is 0 Å². The molecule has 9 aromatic carbocycles. The van der Waals surface area contributed by atoms with Crippen molar-refractivity contribution >= 4 is 66.7 Å². The molecule has 0 fully saturated rings. The van der Waals surface area contributed by atoms with E-state index >= 15 is 0 Å². The van der Waals surface area contributed by atoms with Crippen molar-refractivity contribution in [1.29, 1.82) is 0 Å². The van der Waals surface area contributed by atoms with Crippen LogP contribution in [0.2, 0.25) is 0 Å². The van der Waals surface area contributed by atoms with Crippen LogP contribution < -0.4 is 16.4 Å². The summed E-state index contributed by atoms with van der Waals surface area (Å²) in [4.78, 5) is 11.8. The molecule has 530 valence electrons. The lowest BCUT2D eigenvalue weighted by atomic mass is 9.34. The normalized spacial score (nSPS) is 14.1. The smallest absolute Gasteiger partial charge is 0.252 e. The third-order valence-electron chi connectivity index (χ3n) is 23.0. The molecule has 12 aromatic rings. The fourth-order valence-corrected chi connectivity index (χ4v) is 16.1. The third kappa shape index (κ3) is 12.4. The van der Waals surface area contributed by atoms with Crippen LogP contribution >= 0.6 is 0 Å². The number of fused-ring (bicyclic) bond motifs is 10. The van der Waals surface area contributed by atoms with Crippen LogP contribution in [0.1, 0.15) is 263 Å². The first-order valence-corrected chi connectivity index (χ1v) is 38.3. The minimum absolute atomic E-state index is 0.0803. The average Bonchev–Trinajstić information content (AvgIpc) is 1.54. The Kier molecular flexibility index (Phi) is 16.1. The predicted octanol–water partition coefficient (Wildman–Crippen LogP) is 25.1. The molecule has 0 amide bonds. The van der Waals surface area contributed by atoms with E-state index in [0.717, 1.165) is 33.9 Å². The first kappa shape index (κ1) is 71.7. The first-order chi connectivity index (χ1) is 47.3. The van der Waals surface area contributed by atoms with Crippen molar-refractivity contribution in [3.8, 4) is 67.5 Å². The molecule has 0 aliphatic carbocycles. The Labute approximate surface area is 618 Å². The van der Waals surface area contributed by atoms with Gasteiger partial charge in [0.05, 0.1) is 22.4 Å². The van der Waals surface area contributed by atoms with Gasteiger partial charge in [0, 0.05) is 60.6 Å². The monoisotopic (exact) mass is 1360 g/mol. The highest BCUT2D eigenvalue weighted by Gasteiger charge is 2.43. The van der Waals surface area contributed by atoms with Crippen molar-refractivity contribution in [1.82, 2.24) is 19.1 Å². The van der Waals surface area contributed by atoms with E-state index in [9.17, 15) is 0 Å². The number of nitrogens with zero attached hydrogens (tertiary/aromatic N) is 4. The molecule has 0 saturated carbocycles. The molecule has 0 unspecified atom stereocenters. The second kappa shape index (κ2) is 23.1. The topological polar surface area (TPSA) is 35.6 Å². The van der Waals surface area contributed by atoms with Crippen molar-refractivity contribution in [2.45, 2.75) is 262 Å². The van der Waals surface area contributed by atoms with Gasteiger partial charge in [-0.15, -0.1) is 0 Å². The van der Waals surface area contributed by atoms with Gasteiger partial charge in [-0.2, -0.15) is 0 Å². The maximum absolute atomic E-state index is 6.00. The van der Waals surface area contributed by atoms with E-state index in [1.54, 1.807) is 0 Å². The summed E-state index contributed by atoms with van der Waals surface area (Å²) in [6.07, 6.45) is 0. The lowest BCUT2D eigenvalue weighted by Gasteiger charge is -2.35. The minimum atomic E-state index is -0.134. The van der Waals surface area contributed by atoms with Crippen LogP contribution in [-0.2, 0) is 54.1 Å². The molecule has 4 nitrogen and oxygen atoms in total. The van der Waals surface area contributed by atoms with Crippen molar-refractivity contribution in [3.63, 3.8) is 0 Å². The number of benzene rings is 9. The zero-order valence-corrected chi connectivity index (χ0v) is 68.3. The molecule has 5 heterocycles. The molecule has 0 atom stereocenters. The van der Waals surface area contributed by atoms with Crippen LogP contribution in [0.15, 0.2) is 152 Å². The van der Waals surface area contributed by atoms with Crippen molar-refractivity contribution in [3.05, 3.63) is 207 Å². The molecule has 0 radical (unpaired) electrons. The highest BCUT2D eigenvalue weighted by atomic mass is 15.0. The SMILES string of the molecule is CC(C)(C)c1cc(-c2cc(-c3cc4c5c(c3)-n3c6ccc(C(C)(C)C)cc6c6c(-c7cc(C(C)(C)C)cc(C(C)(C)C)c7)ccc(c63)B5c3ccc(-c5cc(C(C)(C)C)cc(C(C)(C)C)c5)c5c6cc(C(C)(C)C)ccc6n-4c35)nc(-c3cc(C(C)(C)C)cc(C(C)(C)C)c3)n2)cc(C(C)(C)C)c1. The lowest BCUT2D eigenvalue weighted by Crippen LogP contribution is -2.59. The van der Waals surface area contributed by atoms with Gasteiger partial charge in [0.25, 0.3) is 6.71 Å². The molecular weight excluding hydrogens is 1240 g/mol. The van der Waals surface area contributed by atoms with Crippen LogP contribution in [0.5, 0.6) is 0 Å². The van der Waals surface area contributed by atoms with E-state index < -0.39 is 0 Å². The largest absolute Gasteiger partial charge is 0.310 e. The van der Waals surface area contributed by atoms with Crippen LogP contribution in [-0.4, -0.2) is 25.8 Å². The van der Waals surface area contributed by atoms with E-state index in [-0.39, 0.29) is 60.9 Å². The molecule has 103 heavy (non-hydrogen) atoms. The summed E-state index contributed by atoms with van der Waals surface area (Å²) in [6.45, 7) is 70.5. The van der Waals surface area contributed by atoms with Gasteiger partial charge >= 0.3 is 0 Å². The van der Waals surface area contributed by atoms with Crippen molar-refractivity contribution in [2.75, 3.05) is 0 Å². The van der Waals surface area contributed by atoms with Gasteiger partial charge in [-0.1, -0.05) is 293 Å². The first-order valence-electron chi connectivity index (χ1n) is 38.3. The summed E-state index contributed by atoms with van der Waals surface area (Å²) in [5, 5.41) is 5.16. The zero-order valence-electron chi connectivity index (χ0n) is 68.3. The van der Waals surface area contributed by atoms with Crippen LogP contribution in [0.25, 0.3) is 111 Å². The van der Waals surface area contributed by atoms with Gasteiger partial charge in [0.15, 0.2) is 5.82 Å². The molecule has 5 heteroatoms. The highest BCUT2D eigenvalue weighted by molar-refractivity contribution is 7.00. The second-order valence-corrected chi connectivity index (χ2v) is 41.5. The van der Waals surface area contributed by atoms with Gasteiger partial charge in [-0.05, 0) is 215 Å². The van der Waals surface area contributed by atoms with E-state index in [0.29, 0.717) is 0 Å². The fourth-order valence-electron chi connectivity index (χ4n) is 16.1. The van der Waals surface area contributed by atoms with Crippen molar-refractivity contribution in [2.24, 2.45) is 0 Å². The number of hydrogen-bond acceptors (Lipinski definition) is 2. The summed E-state index contributed by atoms with van der Waals surface area (Å²) >= 11 is 0. The Morgan fingerprint density at radius 1 is 0.252 bits per heavy atom. The van der Waals surface area contributed by atoms with Crippen LogP contribution in [0, 0.1) is 0 Å². The lowest BCUT2D eigenvalue weighted by molar-refractivity contribution is 0.568. The third-order valence-corrected chi connectivity index (χ3v) is 23.0. The number of aromatic nitrogens is 4. The van der Waals surface area contributed by atoms with Gasteiger partial charge in [0.2, 0.25) is 0 Å². The zero-order chi connectivity index (χ0) is 74.9. The maximum Gasteiger partial charge on any atom is 0.252 e. The second-order valence-electron chi connectivity index (χ2n) is 41.5. The molecule has 2 aliphatic heterocycles. The van der Waals surface area contributed by atoms with E-state index in [4.69, 9.17) is 9.97 Å². The number of hydrogen-bond donors (Lipinski definition) is 0. The quantitative estimate of drug-likeness (QED) is 0.161. The Balaban J connectivity index is 1.20. The Morgan fingerprint density at radius 2 is 0.524 bits per heavy atom. The van der Waals surface area contributed by atoms with Crippen LogP contribution in [0.3, 0.4) is 0 Å². The van der Waals surface area contributed by atoms with E-state index in [2.05, 4.69) is 369 Å². The summed E-state index contributed by atoms with van der Waals surface area (Å²) < 4.78 is 5.40. The van der Waals surface area contributed by atoms with Gasteiger partial charge in [-0.25, -0.2) is 9.97 Å². The fraction of sp³-hybridized carbons (Fsp3) is 0.408. The standard InChI is InChI=1S/C98H115BN4/c1-89(2,3)61-31-37-79-73(53-61)83-71(56-39-63(91(7,8)9)49-64(40-56)92(10,11)12)33-35-75-86(83)102(79)81-47-59(78-55-77(58-43-67(95(19,20)21)51-68(44-58)96(22,23)24)100-88(101-78)60-45-69(97(25,26)27)52-70(46-60)98(28,29)30)48-82-85(81)99(75)76-36-34-72(57-41-65(93(13,14)15)50-66(42-57)94(16,17)18)84-74-54-62(90(4,5)6)32-38-80(74)103(82)87(76)84/h31-55H,1-30H3. The maximum atomic E-state index is 6.00. The van der Waals surface area contributed by atoms with E-state index in [1.807, 2.05) is 0 Å². The average molecular weight is 1360 g/mol. The molecule has 0 bridgehead atoms. The molecular formula is C98H115BN4. The molecule has 3 aromatic heterocycles. The molecule has 0 spiro atoms. The summed E-state index contributed by atoms with van der Waals surface area (Å²) in [5.41, 5.74) is 33.4. The summed E-state index contributed by atoms with van der Waals surface area (Å²) in [6, 6.07) is 61.8. The Morgan fingerprint density at radius 3 is 0.816 bits per heavy atom. The van der Waals surface area contributed by atoms with Gasteiger partial charge < -0.3 is 9.13 Å². The summed E-state index contributed by atoms with van der Waals surface area (Å²) in [7, 11) is 0. The Bertz CT molecular complexity index is 5060. The van der Waals surface area contributed by atoms with Gasteiger partial charge in [0.1, 0.15) is 0 Å². The number of rotatable bonds is 5. The predicted molar refractivity (Wildman–Crippen MR) is 450 cm³/mol. The molecule has 0 saturated heterocycles. The molecule has 14 rings (SSSR count).